The zero-order valence-electron chi connectivity index (χ0n) is 10.7. The van der Waals surface area contributed by atoms with E-state index in [0.29, 0.717) is 18.9 Å². The summed E-state index contributed by atoms with van der Waals surface area (Å²) in [6.45, 7) is 4.72. The van der Waals surface area contributed by atoms with E-state index in [-0.39, 0.29) is 5.56 Å². The number of benzene rings is 1. The second kappa shape index (κ2) is 5.05. The summed E-state index contributed by atoms with van der Waals surface area (Å²) >= 11 is 0. The maximum atomic E-state index is 12.2. The Morgan fingerprint density at radius 2 is 2.11 bits per heavy atom. The Morgan fingerprint density at radius 1 is 1.33 bits per heavy atom. The number of aryl methyl sites for hydroxylation is 1. The molecule has 3 nitrogen and oxygen atoms in total. The van der Waals surface area contributed by atoms with Gasteiger partial charge in [-0.1, -0.05) is 26.0 Å². The van der Waals surface area contributed by atoms with Crippen molar-refractivity contribution in [2.45, 2.75) is 32.7 Å². The van der Waals surface area contributed by atoms with Gasteiger partial charge in [0.05, 0.1) is 12.5 Å². The van der Waals surface area contributed by atoms with Gasteiger partial charge in [-0.15, -0.1) is 0 Å². The van der Waals surface area contributed by atoms with Crippen LogP contribution in [0.1, 0.15) is 31.7 Å². The molecule has 0 saturated heterocycles. The Labute approximate surface area is 106 Å². The fourth-order valence-electron chi connectivity index (χ4n) is 2.01. The predicted octanol–water partition coefficient (Wildman–Crippen LogP) is 3.04. The largest absolute Gasteiger partial charge is 0.314 e. The van der Waals surface area contributed by atoms with Crippen LogP contribution in [0.25, 0.3) is 10.8 Å². The maximum absolute atomic E-state index is 12.2. The first-order chi connectivity index (χ1) is 8.63. The molecule has 3 heteroatoms. The van der Waals surface area contributed by atoms with Crippen LogP contribution >= 0.6 is 0 Å². The number of rotatable bonds is 3. The van der Waals surface area contributed by atoms with E-state index in [2.05, 4.69) is 26.0 Å². The highest BCUT2D eigenvalue weighted by Crippen LogP contribution is 2.19. The first kappa shape index (κ1) is 12.4. The average Bonchev–Trinajstić information content (AvgIpc) is 2.37. The molecule has 92 valence electrons. The number of nitrogens with zero attached hydrogens (tertiary/aromatic N) is 2. The molecule has 1 aromatic carbocycles. The zero-order valence-corrected chi connectivity index (χ0v) is 10.7. The van der Waals surface area contributed by atoms with Crippen LogP contribution in [-0.4, -0.2) is 4.57 Å². The SMILES string of the molecule is CC(C)c1ccc2c(=O)n(CCC#N)ccc2c1. The molecule has 0 fully saturated rings. The molecule has 0 spiro atoms. The Balaban J connectivity index is 2.53. The van der Waals surface area contributed by atoms with E-state index >= 15 is 0 Å². The van der Waals surface area contributed by atoms with Crippen LogP contribution in [0, 0.1) is 11.3 Å². The molecule has 2 aromatic rings. The van der Waals surface area contributed by atoms with Gasteiger partial charge in [0, 0.05) is 18.1 Å². The lowest BCUT2D eigenvalue weighted by Gasteiger charge is -2.08. The van der Waals surface area contributed by atoms with Gasteiger partial charge in [-0.3, -0.25) is 4.79 Å². The minimum atomic E-state index is -0.0157. The third kappa shape index (κ3) is 2.28. The standard InChI is InChI=1S/C15H16N2O/c1-11(2)12-4-5-14-13(10-12)6-9-17(15(14)18)8-3-7-16/h4-6,9-11H,3,8H2,1-2H3. The normalized spacial score (nSPS) is 10.8. The van der Waals surface area contributed by atoms with Gasteiger partial charge < -0.3 is 4.57 Å². The molecule has 0 bridgehead atoms. The van der Waals surface area contributed by atoms with Gasteiger partial charge in [0.25, 0.3) is 5.56 Å². The molecular weight excluding hydrogens is 224 g/mol. The quantitative estimate of drug-likeness (QED) is 0.827. The van der Waals surface area contributed by atoms with Gasteiger partial charge in [-0.25, -0.2) is 0 Å². The van der Waals surface area contributed by atoms with E-state index in [4.69, 9.17) is 5.26 Å². The molecule has 1 aromatic heterocycles. The van der Waals surface area contributed by atoms with Crippen molar-refractivity contribution >= 4 is 10.8 Å². The Morgan fingerprint density at radius 3 is 2.78 bits per heavy atom. The highest BCUT2D eigenvalue weighted by atomic mass is 16.1. The summed E-state index contributed by atoms with van der Waals surface area (Å²) in [5.74, 6) is 0.454. The lowest BCUT2D eigenvalue weighted by Crippen LogP contribution is -2.19. The monoisotopic (exact) mass is 240 g/mol. The average molecular weight is 240 g/mol. The molecule has 18 heavy (non-hydrogen) atoms. The van der Waals surface area contributed by atoms with Gasteiger partial charge in [0.2, 0.25) is 0 Å². The number of aromatic nitrogens is 1. The van der Waals surface area contributed by atoms with Crippen molar-refractivity contribution in [1.82, 2.24) is 4.57 Å². The molecule has 0 aliphatic heterocycles. The molecule has 2 rings (SSSR count). The molecule has 0 atom stereocenters. The minimum Gasteiger partial charge on any atom is -0.314 e. The third-order valence-electron chi connectivity index (χ3n) is 3.13. The van der Waals surface area contributed by atoms with Crippen LogP contribution in [0.4, 0.5) is 0 Å². The smallest absolute Gasteiger partial charge is 0.258 e. The molecular formula is C15H16N2O. The summed E-state index contributed by atoms with van der Waals surface area (Å²) in [7, 11) is 0. The molecule has 0 amide bonds. The van der Waals surface area contributed by atoms with E-state index in [9.17, 15) is 4.79 Å². The van der Waals surface area contributed by atoms with Crippen LogP contribution in [-0.2, 0) is 6.54 Å². The molecule has 1 heterocycles. The molecule has 0 unspecified atom stereocenters. The van der Waals surface area contributed by atoms with E-state index in [1.54, 1.807) is 10.8 Å². The van der Waals surface area contributed by atoms with Crippen LogP contribution in [0.5, 0.6) is 0 Å². The first-order valence-corrected chi connectivity index (χ1v) is 6.13. The molecule has 0 radical (unpaired) electrons. The van der Waals surface area contributed by atoms with E-state index in [1.165, 1.54) is 5.56 Å². The Kier molecular flexibility index (Phi) is 3.47. The topological polar surface area (TPSA) is 45.8 Å². The van der Waals surface area contributed by atoms with Crippen molar-refractivity contribution in [1.29, 1.82) is 5.26 Å². The lowest BCUT2D eigenvalue weighted by molar-refractivity contribution is 0.692. The molecule has 0 N–H and O–H groups in total. The minimum absolute atomic E-state index is 0.0157. The van der Waals surface area contributed by atoms with Gasteiger partial charge in [-0.05, 0) is 29.0 Å². The van der Waals surface area contributed by atoms with Crippen molar-refractivity contribution in [2.75, 3.05) is 0 Å². The highest BCUT2D eigenvalue weighted by molar-refractivity contribution is 5.82. The summed E-state index contributed by atoms with van der Waals surface area (Å²) < 4.78 is 1.60. The second-order valence-corrected chi connectivity index (χ2v) is 4.72. The van der Waals surface area contributed by atoms with Gasteiger partial charge >= 0.3 is 0 Å². The summed E-state index contributed by atoms with van der Waals surface area (Å²) in [5, 5.41) is 10.3. The fraction of sp³-hybridized carbons (Fsp3) is 0.333. The molecule has 0 aliphatic carbocycles. The zero-order chi connectivity index (χ0) is 13.1. The summed E-state index contributed by atoms with van der Waals surface area (Å²) in [4.78, 5) is 12.2. The van der Waals surface area contributed by atoms with Crippen molar-refractivity contribution in [3.63, 3.8) is 0 Å². The summed E-state index contributed by atoms with van der Waals surface area (Å²) in [6, 6.07) is 9.95. The van der Waals surface area contributed by atoms with Gasteiger partial charge in [0.15, 0.2) is 0 Å². The van der Waals surface area contributed by atoms with Gasteiger partial charge in [-0.2, -0.15) is 5.26 Å². The van der Waals surface area contributed by atoms with Crippen LogP contribution in [0.15, 0.2) is 35.3 Å². The predicted molar refractivity (Wildman–Crippen MR) is 72.5 cm³/mol. The van der Waals surface area contributed by atoms with Crippen LogP contribution in [0.2, 0.25) is 0 Å². The molecule has 0 saturated carbocycles. The Bertz CT molecular complexity index is 662. The summed E-state index contributed by atoms with van der Waals surface area (Å²) in [6.07, 6.45) is 2.13. The number of fused-ring (bicyclic) bond motifs is 1. The highest BCUT2D eigenvalue weighted by Gasteiger charge is 2.05. The van der Waals surface area contributed by atoms with E-state index in [0.717, 1.165) is 10.8 Å². The summed E-state index contributed by atoms with van der Waals surface area (Å²) in [5.41, 5.74) is 1.22. The van der Waals surface area contributed by atoms with Crippen molar-refractivity contribution in [3.8, 4) is 6.07 Å². The maximum Gasteiger partial charge on any atom is 0.258 e. The number of nitriles is 1. The van der Waals surface area contributed by atoms with Crippen LogP contribution in [0.3, 0.4) is 0 Å². The Hall–Kier alpha value is -2.08. The number of hydrogen-bond donors (Lipinski definition) is 0. The number of hydrogen-bond acceptors (Lipinski definition) is 2. The lowest BCUT2D eigenvalue weighted by atomic mass is 10.0. The van der Waals surface area contributed by atoms with Crippen molar-refractivity contribution < 1.29 is 0 Å². The van der Waals surface area contributed by atoms with E-state index in [1.807, 2.05) is 18.2 Å². The molecule has 0 aliphatic rings. The van der Waals surface area contributed by atoms with E-state index < -0.39 is 0 Å². The third-order valence-corrected chi connectivity index (χ3v) is 3.13. The van der Waals surface area contributed by atoms with Gasteiger partial charge in [0.1, 0.15) is 0 Å². The number of pyridine rings is 1. The van der Waals surface area contributed by atoms with Crippen LogP contribution < -0.4 is 5.56 Å². The van der Waals surface area contributed by atoms with Crippen molar-refractivity contribution in [3.05, 3.63) is 46.4 Å². The first-order valence-electron chi connectivity index (χ1n) is 6.13. The van der Waals surface area contributed by atoms with Crippen molar-refractivity contribution in [2.24, 2.45) is 0 Å². The fourth-order valence-corrected chi connectivity index (χ4v) is 2.01. The second-order valence-electron chi connectivity index (χ2n) is 4.72.